The van der Waals surface area contributed by atoms with E-state index in [1.807, 2.05) is 0 Å². The van der Waals surface area contributed by atoms with Gasteiger partial charge in [0.25, 0.3) is 13.4 Å². The molecule has 96 heavy (non-hydrogen) atoms. The Balaban J connectivity index is 1.04. The molecule has 4 nitrogen and oxygen atoms in total. The zero-order valence-electron chi connectivity index (χ0n) is 52.1. The second-order valence-electron chi connectivity index (χ2n) is 26.5. The van der Waals surface area contributed by atoms with Gasteiger partial charge in [-0.2, -0.15) is 0 Å². The molecule has 0 N–H and O–H groups in total. The minimum Gasteiger partial charge on any atom is -0.312 e. The summed E-state index contributed by atoms with van der Waals surface area (Å²) in [4.78, 5) is 2.81. The van der Waals surface area contributed by atoms with Crippen LogP contribution in [0.2, 0.25) is 0 Å². The summed E-state index contributed by atoms with van der Waals surface area (Å²) in [7, 11) is 0. The van der Waals surface area contributed by atoms with Gasteiger partial charge in [0, 0.05) is 49.4 Å². The van der Waals surface area contributed by atoms with E-state index in [1.54, 1.807) is 0 Å². The van der Waals surface area contributed by atoms with E-state index >= 15 is 0 Å². The van der Waals surface area contributed by atoms with E-state index in [4.69, 9.17) is 0 Å². The smallest absolute Gasteiger partial charge is 0.251 e. The molecule has 0 radical (unpaired) electrons. The van der Waals surface area contributed by atoms with E-state index in [-0.39, 0.29) is 13.4 Å². The first-order valence-electron chi connectivity index (χ1n) is 33.6. The van der Waals surface area contributed by atoms with Crippen LogP contribution < -0.4 is 37.7 Å². The van der Waals surface area contributed by atoms with E-state index in [2.05, 4.69) is 346 Å². The summed E-state index contributed by atoms with van der Waals surface area (Å²) in [6.07, 6.45) is 0. The van der Waals surface area contributed by atoms with Gasteiger partial charge in [0.1, 0.15) is 0 Å². The fraction of sp³-hybridized carbons (Fsp3) is 0. The molecule has 15 aromatic carbocycles. The van der Waals surface area contributed by atoms with Crippen molar-refractivity contribution in [2.24, 2.45) is 0 Å². The van der Waals surface area contributed by atoms with Crippen molar-refractivity contribution in [1.82, 2.24) is 13.7 Å². The molecule has 6 heteroatoms. The molecular formula is C90H54B2N4. The summed E-state index contributed by atoms with van der Waals surface area (Å²) in [6.45, 7) is -0.475. The van der Waals surface area contributed by atoms with Crippen LogP contribution in [0.25, 0.3) is 149 Å². The van der Waals surface area contributed by atoms with Crippen molar-refractivity contribution >= 4 is 129 Å². The fourth-order valence-corrected chi connectivity index (χ4v) is 18.0. The van der Waals surface area contributed by atoms with Gasteiger partial charge in [0.2, 0.25) is 0 Å². The maximum Gasteiger partial charge on any atom is 0.251 e. The molecular weight excluding hydrogens is 1160 g/mol. The summed E-state index contributed by atoms with van der Waals surface area (Å²) >= 11 is 0. The molecule has 0 unspecified atom stereocenters. The van der Waals surface area contributed by atoms with Crippen LogP contribution in [-0.2, 0) is 0 Å². The second-order valence-corrected chi connectivity index (χ2v) is 26.5. The number of anilines is 3. The number of rotatable bonds is 7. The zero-order chi connectivity index (χ0) is 62.4. The average molecular weight is 1210 g/mol. The molecule has 4 aliphatic rings. The molecule has 0 bridgehead atoms. The van der Waals surface area contributed by atoms with Crippen molar-refractivity contribution < 1.29 is 0 Å². The highest BCUT2D eigenvalue weighted by molar-refractivity contribution is 7.06. The van der Waals surface area contributed by atoms with Crippen molar-refractivity contribution in [3.8, 4) is 83.8 Å². The van der Waals surface area contributed by atoms with Gasteiger partial charge in [-0.05, 0) is 161 Å². The third kappa shape index (κ3) is 6.99. The van der Waals surface area contributed by atoms with Gasteiger partial charge in [-0.3, -0.25) is 0 Å². The number of nitrogens with zero attached hydrogens (tertiary/aromatic N) is 4. The molecule has 0 saturated carbocycles. The quantitative estimate of drug-likeness (QED) is 0.145. The summed E-state index contributed by atoms with van der Waals surface area (Å²) in [5, 5.41) is 7.28. The maximum atomic E-state index is 2.81. The molecule has 0 aliphatic carbocycles. The Labute approximate surface area is 555 Å². The molecule has 18 aromatic rings. The van der Waals surface area contributed by atoms with Crippen molar-refractivity contribution in [1.29, 1.82) is 0 Å². The van der Waals surface area contributed by atoms with Crippen LogP contribution >= 0.6 is 0 Å². The monoisotopic (exact) mass is 1210 g/mol. The van der Waals surface area contributed by atoms with E-state index in [0.717, 1.165) is 50.2 Å². The molecule has 0 atom stereocenters. The van der Waals surface area contributed by atoms with Gasteiger partial charge in [0.15, 0.2) is 0 Å². The Morgan fingerprint density at radius 1 is 0.188 bits per heavy atom. The molecule has 4 aliphatic heterocycles. The van der Waals surface area contributed by atoms with E-state index in [0.29, 0.717) is 0 Å². The van der Waals surface area contributed by atoms with Crippen LogP contribution in [0.1, 0.15) is 0 Å². The van der Waals surface area contributed by atoms with Crippen molar-refractivity contribution in [3.05, 3.63) is 328 Å². The van der Waals surface area contributed by atoms with Gasteiger partial charge < -0.3 is 18.6 Å². The Hall–Kier alpha value is -12.4. The zero-order valence-corrected chi connectivity index (χ0v) is 52.1. The van der Waals surface area contributed by atoms with Crippen molar-refractivity contribution in [2.75, 3.05) is 4.90 Å². The van der Waals surface area contributed by atoms with Crippen molar-refractivity contribution in [2.45, 2.75) is 0 Å². The van der Waals surface area contributed by atoms with E-state index in [9.17, 15) is 0 Å². The molecule has 0 spiro atoms. The number of hydrogen-bond donors (Lipinski definition) is 0. The normalized spacial score (nSPS) is 12.9. The maximum absolute atomic E-state index is 2.81. The third-order valence-corrected chi connectivity index (χ3v) is 21.8. The number of hydrogen-bond acceptors (Lipinski definition) is 1. The van der Waals surface area contributed by atoms with Gasteiger partial charge in [-0.25, -0.2) is 0 Å². The van der Waals surface area contributed by atoms with Crippen LogP contribution in [0.3, 0.4) is 0 Å². The summed E-state index contributed by atoms with van der Waals surface area (Å²) in [6, 6.07) is 124. The predicted octanol–water partition coefficient (Wildman–Crippen LogP) is 18.7. The SMILES string of the molecule is c1ccc(-c2ccc3c(c2)-c2cc(-c4ccccc4)cc4c2B3c2c3c(c(-n5c6ccccc6c6ccccc65)c(-n5c6ccccc6c6ccccc65)c2-n2c5ccccc5c5ccccc52)B2c5ccc(-c6ccccc6)cc5-c5cc(-c6ccccc6)cc(c52)N43)cc1. The van der Waals surface area contributed by atoms with Crippen LogP contribution in [0.4, 0.5) is 17.1 Å². The summed E-state index contributed by atoms with van der Waals surface area (Å²) in [5.41, 5.74) is 36.5. The number of benzene rings is 15. The van der Waals surface area contributed by atoms with E-state index in [1.165, 1.54) is 149 Å². The molecule has 22 rings (SSSR count). The summed E-state index contributed by atoms with van der Waals surface area (Å²) < 4.78 is 8.13. The van der Waals surface area contributed by atoms with Crippen molar-refractivity contribution in [3.63, 3.8) is 0 Å². The highest BCUT2D eigenvalue weighted by Crippen LogP contribution is 2.53. The first-order valence-corrected chi connectivity index (χ1v) is 33.6. The second kappa shape index (κ2) is 19.6. The lowest BCUT2D eigenvalue weighted by Gasteiger charge is -2.45. The number of aromatic nitrogens is 3. The third-order valence-electron chi connectivity index (χ3n) is 21.8. The molecule has 0 saturated heterocycles. The minimum absolute atomic E-state index is 0.238. The predicted molar refractivity (Wildman–Crippen MR) is 406 cm³/mol. The Morgan fingerprint density at radius 3 is 0.781 bits per heavy atom. The fourth-order valence-electron chi connectivity index (χ4n) is 18.0. The highest BCUT2D eigenvalue weighted by atomic mass is 15.2. The Morgan fingerprint density at radius 2 is 0.458 bits per heavy atom. The standard InChI is InChI=1S/C90H54B2N4/c1-5-25-55(26-6-1)59-45-47-73-69(49-59)71-51-61(57-29-9-3-10-30-57)53-81-83(71)91(73)85-87-86(92-74-48-46-60(56-27-7-2-8-28-56)50-70(74)72-52-62(58-31-11-4-12-32-58)54-82(84(72)92)96(81)87)89(94-77-41-21-15-35-65(77)66-36-16-22-42-78(66)94)90(95-79-43-23-17-37-67(79)68-38-18-24-44-80(68)95)88(85)93-75-39-19-13-33-63(75)64-34-14-20-40-76(64)93/h1-54H. The Kier molecular flexibility index (Phi) is 10.6. The van der Waals surface area contributed by atoms with Gasteiger partial charge in [0.05, 0.1) is 50.2 Å². The molecule has 440 valence electrons. The topological polar surface area (TPSA) is 18.0 Å². The summed E-state index contributed by atoms with van der Waals surface area (Å²) in [5.74, 6) is 0. The van der Waals surface area contributed by atoms with Crippen LogP contribution in [0.5, 0.6) is 0 Å². The molecule has 0 fully saturated rings. The minimum atomic E-state index is -0.238. The van der Waals surface area contributed by atoms with E-state index < -0.39 is 0 Å². The van der Waals surface area contributed by atoms with Gasteiger partial charge >= 0.3 is 0 Å². The van der Waals surface area contributed by atoms with Crippen LogP contribution in [0, 0.1) is 0 Å². The molecule has 3 aromatic heterocycles. The first-order chi connectivity index (χ1) is 47.7. The van der Waals surface area contributed by atoms with Crippen LogP contribution in [0.15, 0.2) is 328 Å². The lowest BCUT2D eigenvalue weighted by atomic mass is 9.31. The molecule has 0 amide bonds. The van der Waals surface area contributed by atoms with Gasteiger partial charge in [-0.15, -0.1) is 0 Å². The highest BCUT2D eigenvalue weighted by Gasteiger charge is 2.54. The van der Waals surface area contributed by atoms with Gasteiger partial charge in [-0.1, -0.05) is 266 Å². The number of fused-ring (bicyclic) bond motifs is 19. The first kappa shape index (κ1) is 52.2. The molecule has 7 heterocycles. The average Bonchev–Trinajstić information content (AvgIpc) is 1.56. The van der Waals surface area contributed by atoms with Crippen LogP contribution in [-0.4, -0.2) is 27.1 Å². The Bertz CT molecular complexity index is 5910. The lowest BCUT2D eigenvalue weighted by molar-refractivity contribution is 1.06. The largest absolute Gasteiger partial charge is 0.312 e. The lowest BCUT2D eigenvalue weighted by Crippen LogP contribution is -2.64. The number of para-hydroxylation sites is 6.